The van der Waals surface area contributed by atoms with Crippen LogP contribution in [0.15, 0.2) is 54.9 Å². The van der Waals surface area contributed by atoms with E-state index in [9.17, 15) is 13.2 Å². The Hall–Kier alpha value is -2.41. The summed E-state index contributed by atoms with van der Waals surface area (Å²) in [7, 11) is -3.48. The first-order valence-corrected chi connectivity index (χ1v) is 8.37. The zero-order valence-electron chi connectivity index (χ0n) is 11.7. The molecule has 1 saturated heterocycles. The first kappa shape index (κ1) is 14.5. The molecule has 1 aliphatic rings. The smallest absolute Gasteiger partial charge is 0.254 e. The first-order valence-electron chi connectivity index (χ1n) is 6.82. The molecule has 1 aromatic carbocycles. The van der Waals surface area contributed by atoms with Gasteiger partial charge in [-0.05, 0) is 24.3 Å². The van der Waals surface area contributed by atoms with Crippen molar-refractivity contribution < 1.29 is 13.2 Å². The third-order valence-electron chi connectivity index (χ3n) is 3.54. The van der Waals surface area contributed by atoms with Crippen molar-refractivity contribution in [2.75, 3.05) is 17.8 Å². The van der Waals surface area contributed by atoms with Gasteiger partial charge in [0.25, 0.3) is 5.91 Å². The van der Waals surface area contributed by atoms with Gasteiger partial charge in [0.1, 0.15) is 5.25 Å². The topological polar surface area (TPSA) is 79.4 Å². The monoisotopic (exact) mass is 317 g/mol. The van der Waals surface area contributed by atoms with Crippen molar-refractivity contribution in [3.63, 3.8) is 0 Å². The Morgan fingerprint density at radius 1 is 1.09 bits per heavy atom. The highest BCUT2D eigenvalue weighted by molar-refractivity contribution is 7.93. The van der Waals surface area contributed by atoms with Gasteiger partial charge in [0, 0.05) is 36.7 Å². The molecule has 3 rings (SSSR count). The second kappa shape index (κ2) is 5.76. The Morgan fingerprint density at radius 3 is 2.36 bits per heavy atom. The molecule has 2 aromatic rings. The number of rotatable bonds is 4. The van der Waals surface area contributed by atoms with Crippen molar-refractivity contribution in [2.24, 2.45) is 0 Å². The lowest BCUT2D eigenvalue weighted by atomic mass is 10.1. The predicted molar refractivity (Wildman–Crippen MR) is 82.9 cm³/mol. The number of likely N-dealkylation sites (tertiary alicyclic amines) is 1. The summed E-state index contributed by atoms with van der Waals surface area (Å²) >= 11 is 0. The summed E-state index contributed by atoms with van der Waals surface area (Å²) in [5.41, 5.74) is 1.04. The number of hydrogen-bond acceptors (Lipinski definition) is 4. The van der Waals surface area contributed by atoms with E-state index in [1.165, 1.54) is 17.3 Å². The summed E-state index contributed by atoms with van der Waals surface area (Å²) in [5, 5.41) is -0.585. The maximum atomic E-state index is 12.2. The van der Waals surface area contributed by atoms with Gasteiger partial charge in [-0.1, -0.05) is 18.2 Å². The Morgan fingerprint density at radius 2 is 1.73 bits per heavy atom. The summed E-state index contributed by atoms with van der Waals surface area (Å²) in [5.74, 6) is -0.173. The summed E-state index contributed by atoms with van der Waals surface area (Å²) in [6, 6.07) is 12.0. The summed E-state index contributed by atoms with van der Waals surface area (Å²) in [6.07, 6.45) is 3.08. The maximum Gasteiger partial charge on any atom is 0.254 e. The fraction of sp³-hybridized carbons (Fsp3) is 0.200. The fourth-order valence-electron chi connectivity index (χ4n) is 2.23. The number of pyridine rings is 1. The minimum Gasteiger partial charge on any atom is -0.336 e. The van der Waals surface area contributed by atoms with Crippen LogP contribution in [0.2, 0.25) is 0 Å². The van der Waals surface area contributed by atoms with E-state index in [-0.39, 0.29) is 19.0 Å². The number of nitrogens with one attached hydrogen (secondary N) is 1. The second-order valence-corrected chi connectivity index (χ2v) is 7.04. The highest BCUT2D eigenvalue weighted by atomic mass is 32.2. The van der Waals surface area contributed by atoms with E-state index in [1.54, 1.807) is 36.4 Å². The molecule has 7 heteroatoms. The number of nitrogens with zero attached hydrogens (tertiary/aromatic N) is 2. The van der Waals surface area contributed by atoms with Crippen molar-refractivity contribution in [2.45, 2.75) is 5.25 Å². The van der Waals surface area contributed by atoms with Gasteiger partial charge < -0.3 is 4.90 Å². The highest BCUT2D eigenvalue weighted by Gasteiger charge is 2.40. The number of benzene rings is 1. The molecular formula is C15H15N3O3S. The molecular weight excluding hydrogens is 302 g/mol. The van der Waals surface area contributed by atoms with Crippen LogP contribution in [0.1, 0.15) is 10.4 Å². The van der Waals surface area contributed by atoms with Gasteiger partial charge in [-0.3, -0.25) is 14.5 Å². The number of aromatic nitrogens is 1. The molecule has 1 amide bonds. The molecule has 0 radical (unpaired) electrons. The van der Waals surface area contributed by atoms with Crippen LogP contribution in [-0.4, -0.2) is 42.5 Å². The SMILES string of the molecule is O=C(c1ccncc1)N1CC(S(=O)(=O)Nc2ccccc2)C1. The number of carbonyl (C=O) groups is 1. The number of para-hydroxylation sites is 1. The number of hydrogen-bond donors (Lipinski definition) is 1. The normalized spacial score (nSPS) is 15.2. The zero-order chi connectivity index (χ0) is 15.6. The van der Waals surface area contributed by atoms with Gasteiger partial charge in [-0.25, -0.2) is 8.42 Å². The van der Waals surface area contributed by atoms with Gasteiger partial charge in [0.05, 0.1) is 0 Å². The third kappa shape index (κ3) is 2.94. The molecule has 0 unspecified atom stereocenters. The molecule has 0 aliphatic carbocycles. The van der Waals surface area contributed by atoms with Crippen molar-refractivity contribution in [1.29, 1.82) is 0 Å². The van der Waals surface area contributed by atoms with Crippen molar-refractivity contribution in [3.8, 4) is 0 Å². The third-order valence-corrected chi connectivity index (χ3v) is 5.23. The molecule has 0 saturated carbocycles. The van der Waals surface area contributed by atoms with E-state index in [2.05, 4.69) is 9.71 Å². The Labute approximate surface area is 128 Å². The number of anilines is 1. The quantitative estimate of drug-likeness (QED) is 0.923. The molecule has 22 heavy (non-hydrogen) atoms. The van der Waals surface area contributed by atoms with Gasteiger partial charge in [-0.15, -0.1) is 0 Å². The molecule has 1 aliphatic heterocycles. The van der Waals surface area contributed by atoms with Crippen LogP contribution >= 0.6 is 0 Å². The van der Waals surface area contributed by atoms with Crippen LogP contribution in [0.5, 0.6) is 0 Å². The van der Waals surface area contributed by atoms with Crippen LogP contribution in [0.25, 0.3) is 0 Å². The number of sulfonamides is 1. The molecule has 6 nitrogen and oxygen atoms in total. The Bertz CT molecular complexity index is 757. The summed E-state index contributed by atoms with van der Waals surface area (Å²) in [4.78, 5) is 17.5. The van der Waals surface area contributed by atoms with E-state index in [4.69, 9.17) is 0 Å². The highest BCUT2D eigenvalue weighted by Crippen LogP contribution is 2.21. The standard InChI is InChI=1S/C15H15N3O3S/c19-15(12-6-8-16-9-7-12)18-10-14(11-18)22(20,21)17-13-4-2-1-3-5-13/h1-9,14,17H,10-11H2. The summed E-state index contributed by atoms with van der Waals surface area (Å²) < 4.78 is 27.0. The molecule has 0 spiro atoms. The molecule has 1 fully saturated rings. The van der Waals surface area contributed by atoms with Crippen molar-refractivity contribution in [1.82, 2.24) is 9.88 Å². The van der Waals surface area contributed by atoms with Crippen LogP contribution in [-0.2, 0) is 10.0 Å². The molecule has 0 atom stereocenters. The molecule has 1 aromatic heterocycles. The van der Waals surface area contributed by atoms with Crippen molar-refractivity contribution in [3.05, 3.63) is 60.4 Å². The Kier molecular flexibility index (Phi) is 3.81. The minimum absolute atomic E-state index is 0.173. The van der Waals surface area contributed by atoms with Gasteiger partial charge in [0.15, 0.2) is 0 Å². The largest absolute Gasteiger partial charge is 0.336 e. The van der Waals surface area contributed by atoms with E-state index in [0.717, 1.165) is 0 Å². The zero-order valence-corrected chi connectivity index (χ0v) is 12.5. The average molecular weight is 317 g/mol. The number of carbonyl (C=O) groups excluding carboxylic acids is 1. The van der Waals surface area contributed by atoms with E-state index in [0.29, 0.717) is 11.3 Å². The van der Waals surface area contributed by atoms with Crippen molar-refractivity contribution >= 4 is 21.6 Å². The second-order valence-electron chi connectivity index (χ2n) is 5.08. The first-order chi connectivity index (χ1) is 10.6. The lowest BCUT2D eigenvalue weighted by Crippen LogP contribution is -2.58. The fourth-order valence-corrected chi connectivity index (χ4v) is 3.61. The molecule has 2 heterocycles. The van der Waals surface area contributed by atoms with E-state index < -0.39 is 15.3 Å². The molecule has 0 bridgehead atoms. The van der Waals surface area contributed by atoms with Crippen LogP contribution in [0.4, 0.5) is 5.69 Å². The van der Waals surface area contributed by atoms with E-state index >= 15 is 0 Å². The van der Waals surface area contributed by atoms with E-state index in [1.807, 2.05) is 6.07 Å². The Balaban J connectivity index is 1.62. The lowest BCUT2D eigenvalue weighted by Gasteiger charge is -2.38. The molecule has 1 N–H and O–H groups in total. The van der Waals surface area contributed by atoms with Crippen LogP contribution < -0.4 is 4.72 Å². The van der Waals surface area contributed by atoms with Gasteiger partial charge in [-0.2, -0.15) is 0 Å². The maximum absolute atomic E-state index is 12.2. The average Bonchev–Trinajstić information content (AvgIpc) is 2.46. The van der Waals surface area contributed by atoms with Gasteiger partial charge in [0.2, 0.25) is 10.0 Å². The number of amides is 1. The summed E-state index contributed by atoms with van der Waals surface area (Å²) in [6.45, 7) is 0.395. The lowest BCUT2D eigenvalue weighted by molar-refractivity contribution is 0.0659. The predicted octanol–water partition coefficient (Wildman–Crippen LogP) is 1.35. The molecule has 114 valence electrons. The van der Waals surface area contributed by atoms with Gasteiger partial charge >= 0.3 is 0 Å². The van der Waals surface area contributed by atoms with Crippen LogP contribution in [0.3, 0.4) is 0 Å². The minimum atomic E-state index is -3.48. The van der Waals surface area contributed by atoms with Crippen LogP contribution in [0, 0.1) is 0 Å².